The molecule has 0 aliphatic rings. The molecule has 1 aromatic heterocycles. The first-order valence-corrected chi connectivity index (χ1v) is 7.74. The van der Waals surface area contributed by atoms with Crippen molar-refractivity contribution in [3.63, 3.8) is 0 Å². The van der Waals surface area contributed by atoms with Gasteiger partial charge in [-0.2, -0.15) is 5.10 Å². The van der Waals surface area contributed by atoms with Crippen LogP contribution in [0.3, 0.4) is 0 Å². The third-order valence-corrected chi connectivity index (χ3v) is 3.43. The standard InChI is InChI=1S/C14H16BrN5O3/c15-10-5-3-9(4-6-10)13-18-11(19-20-13)8-17-14(23)16-7-1-2-12(21)22/h3-6H,1-2,7-8H2,(H,21,22)(H2,16,17,23)(H,18,19,20). The second kappa shape index (κ2) is 8.28. The zero-order valence-electron chi connectivity index (χ0n) is 12.2. The number of carboxylic acids is 1. The number of benzene rings is 1. The lowest BCUT2D eigenvalue weighted by molar-refractivity contribution is -0.137. The highest BCUT2D eigenvalue weighted by Crippen LogP contribution is 2.18. The summed E-state index contributed by atoms with van der Waals surface area (Å²) in [6, 6.07) is 7.19. The summed E-state index contributed by atoms with van der Waals surface area (Å²) in [5.41, 5.74) is 0.869. The van der Waals surface area contributed by atoms with Crippen molar-refractivity contribution < 1.29 is 14.7 Å². The molecular weight excluding hydrogens is 366 g/mol. The number of urea groups is 1. The van der Waals surface area contributed by atoms with Gasteiger partial charge in [-0.25, -0.2) is 9.78 Å². The minimum absolute atomic E-state index is 0.0267. The normalized spacial score (nSPS) is 10.3. The van der Waals surface area contributed by atoms with Crippen LogP contribution in [0.5, 0.6) is 0 Å². The number of halogens is 1. The highest BCUT2D eigenvalue weighted by atomic mass is 79.9. The van der Waals surface area contributed by atoms with E-state index in [1.807, 2.05) is 24.3 Å². The number of aliphatic carboxylic acids is 1. The van der Waals surface area contributed by atoms with Gasteiger partial charge in [-0.15, -0.1) is 0 Å². The van der Waals surface area contributed by atoms with Crippen molar-refractivity contribution in [3.8, 4) is 11.4 Å². The minimum atomic E-state index is -0.880. The molecule has 1 aromatic carbocycles. The first kappa shape index (κ1) is 16.9. The Morgan fingerprint density at radius 1 is 1.22 bits per heavy atom. The van der Waals surface area contributed by atoms with Gasteiger partial charge in [0.15, 0.2) is 5.82 Å². The lowest BCUT2D eigenvalue weighted by atomic mass is 10.2. The molecule has 1 heterocycles. The van der Waals surface area contributed by atoms with Gasteiger partial charge in [0.1, 0.15) is 5.82 Å². The topological polar surface area (TPSA) is 120 Å². The molecule has 0 bridgehead atoms. The highest BCUT2D eigenvalue weighted by Gasteiger charge is 2.07. The van der Waals surface area contributed by atoms with Crippen LogP contribution in [0, 0.1) is 0 Å². The average Bonchev–Trinajstić information content (AvgIpc) is 2.99. The summed E-state index contributed by atoms with van der Waals surface area (Å²) >= 11 is 3.36. The van der Waals surface area contributed by atoms with Crippen LogP contribution >= 0.6 is 15.9 Å². The first-order valence-electron chi connectivity index (χ1n) is 6.95. The highest BCUT2D eigenvalue weighted by molar-refractivity contribution is 9.10. The van der Waals surface area contributed by atoms with Crippen molar-refractivity contribution >= 4 is 27.9 Å². The fourth-order valence-corrected chi connectivity index (χ4v) is 2.03. The lowest BCUT2D eigenvalue weighted by Crippen LogP contribution is -2.35. The van der Waals surface area contributed by atoms with Crippen molar-refractivity contribution in [1.82, 2.24) is 25.8 Å². The smallest absolute Gasteiger partial charge is 0.315 e. The Hall–Kier alpha value is -2.42. The zero-order chi connectivity index (χ0) is 16.7. The molecule has 9 heteroatoms. The molecule has 0 aliphatic carbocycles. The number of nitrogens with zero attached hydrogens (tertiary/aromatic N) is 2. The molecule has 4 N–H and O–H groups in total. The van der Waals surface area contributed by atoms with Crippen LogP contribution in [0.25, 0.3) is 11.4 Å². The summed E-state index contributed by atoms with van der Waals surface area (Å²) in [4.78, 5) is 26.2. The van der Waals surface area contributed by atoms with Gasteiger partial charge in [0.25, 0.3) is 0 Å². The summed E-state index contributed by atoms with van der Waals surface area (Å²) in [5.74, 6) is 0.203. The number of amides is 2. The summed E-state index contributed by atoms with van der Waals surface area (Å²) in [6.07, 6.45) is 0.414. The van der Waals surface area contributed by atoms with Crippen molar-refractivity contribution in [3.05, 3.63) is 34.6 Å². The average molecular weight is 382 g/mol. The molecule has 2 aromatic rings. The quantitative estimate of drug-likeness (QED) is 0.545. The third kappa shape index (κ3) is 5.70. The van der Waals surface area contributed by atoms with Crippen LogP contribution in [0.15, 0.2) is 28.7 Å². The van der Waals surface area contributed by atoms with Crippen LogP contribution < -0.4 is 10.6 Å². The second-order valence-electron chi connectivity index (χ2n) is 4.72. The molecule has 0 saturated carbocycles. The van der Waals surface area contributed by atoms with Crippen LogP contribution in [0.1, 0.15) is 18.7 Å². The maximum atomic E-state index is 11.5. The van der Waals surface area contributed by atoms with Crippen molar-refractivity contribution in [2.75, 3.05) is 6.54 Å². The number of aromatic amines is 1. The van der Waals surface area contributed by atoms with E-state index in [-0.39, 0.29) is 19.0 Å². The molecule has 0 spiro atoms. The van der Waals surface area contributed by atoms with E-state index in [0.717, 1.165) is 10.0 Å². The Kier molecular flexibility index (Phi) is 6.10. The number of H-pyrrole nitrogens is 1. The van der Waals surface area contributed by atoms with Gasteiger partial charge in [-0.3, -0.25) is 9.89 Å². The molecule has 122 valence electrons. The van der Waals surface area contributed by atoms with E-state index < -0.39 is 5.97 Å². The molecule has 0 atom stereocenters. The fraction of sp³-hybridized carbons (Fsp3) is 0.286. The monoisotopic (exact) mass is 381 g/mol. The van der Waals surface area contributed by atoms with E-state index >= 15 is 0 Å². The summed E-state index contributed by atoms with van der Waals surface area (Å²) in [7, 11) is 0. The maximum Gasteiger partial charge on any atom is 0.315 e. The van der Waals surface area contributed by atoms with Crippen LogP contribution in [-0.2, 0) is 11.3 Å². The number of hydrogen-bond donors (Lipinski definition) is 4. The number of rotatable bonds is 7. The Labute approximate surface area is 140 Å². The number of nitrogens with one attached hydrogen (secondary N) is 3. The Balaban J connectivity index is 1.77. The molecule has 0 aliphatic heterocycles. The van der Waals surface area contributed by atoms with Crippen LogP contribution in [0.2, 0.25) is 0 Å². The Morgan fingerprint density at radius 3 is 2.65 bits per heavy atom. The Bertz CT molecular complexity index is 671. The van der Waals surface area contributed by atoms with E-state index in [1.54, 1.807) is 0 Å². The van der Waals surface area contributed by atoms with Crippen LogP contribution in [0.4, 0.5) is 4.79 Å². The molecule has 0 fully saturated rings. The molecule has 2 amide bonds. The third-order valence-electron chi connectivity index (χ3n) is 2.90. The molecule has 8 nitrogen and oxygen atoms in total. The number of carbonyl (C=O) groups excluding carboxylic acids is 1. The summed E-state index contributed by atoms with van der Waals surface area (Å²) in [5, 5.41) is 20.6. The van der Waals surface area contributed by atoms with Gasteiger partial charge in [0.05, 0.1) is 6.54 Å². The van der Waals surface area contributed by atoms with Gasteiger partial charge >= 0.3 is 12.0 Å². The predicted molar refractivity (Wildman–Crippen MR) is 86.6 cm³/mol. The van der Waals surface area contributed by atoms with Gasteiger partial charge in [-0.1, -0.05) is 28.1 Å². The van der Waals surface area contributed by atoms with E-state index in [9.17, 15) is 9.59 Å². The van der Waals surface area contributed by atoms with E-state index in [4.69, 9.17) is 5.11 Å². The van der Waals surface area contributed by atoms with Gasteiger partial charge < -0.3 is 15.7 Å². The fourth-order valence-electron chi connectivity index (χ4n) is 1.77. The van der Waals surface area contributed by atoms with E-state index in [2.05, 4.69) is 41.7 Å². The summed E-state index contributed by atoms with van der Waals surface area (Å²) < 4.78 is 0.971. The number of hydrogen-bond acceptors (Lipinski definition) is 4. The SMILES string of the molecule is O=C(O)CCCNC(=O)NCc1nc(-c2ccc(Br)cc2)n[nH]1. The second-order valence-corrected chi connectivity index (χ2v) is 5.64. The molecule has 23 heavy (non-hydrogen) atoms. The molecule has 2 rings (SSSR count). The molecule has 0 unspecified atom stereocenters. The minimum Gasteiger partial charge on any atom is -0.481 e. The van der Waals surface area contributed by atoms with Gasteiger partial charge in [0, 0.05) is 23.0 Å². The lowest BCUT2D eigenvalue weighted by Gasteiger charge is -2.05. The largest absolute Gasteiger partial charge is 0.481 e. The zero-order valence-corrected chi connectivity index (χ0v) is 13.8. The number of aromatic nitrogens is 3. The molecular formula is C14H16BrN5O3. The van der Waals surface area contributed by atoms with Crippen molar-refractivity contribution in [2.45, 2.75) is 19.4 Å². The van der Waals surface area contributed by atoms with Crippen molar-refractivity contribution in [1.29, 1.82) is 0 Å². The first-order chi connectivity index (χ1) is 11.0. The van der Waals surface area contributed by atoms with E-state index in [0.29, 0.717) is 24.6 Å². The maximum absolute atomic E-state index is 11.5. The molecule has 0 radical (unpaired) electrons. The van der Waals surface area contributed by atoms with Crippen LogP contribution in [-0.4, -0.2) is 38.8 Å². The summed E-state index contributed by atoms with van der Waals surface area (Å²) in [6.45, 7) is 0.507. The number of carboxylic acid groups (broad SMARTS) is 1. The van der Waals surface area contributed by atoms with E-state index in [1.165, 1.54) is 0 Å². The molecule has 0 saturated heterocycles. The van der Waals surface area contributed by atoms with Crippen molar-refractivity contribution in [2.24, 2.45) is 0 Å². The predicted octanol–water partition coefficient (Wildman–Crippen LogP) is 1.90. The van der Waals surface area contributed by atoms with Gasteiger partial charge in [-0.05, 0) is 18.6 Å². The Morgan fingerprint density at radius 2 is 1.96 bits per heavy atom. The number of carbonyl (C=O) groups is 2. The van der Waals surface area contributed by atoms with Gasteiger partial charge in [0.2, 0.25) is 0 Å².